The van der Waals surface area contributed by atoms with Gasteiger partial charge in [0.05, 0.1) is 16.2 Å². The van der Waals surface area contributed by atoms with Gasteiger partial charge in [-0.15, -0.1) is 16.9 Å². The van der Waals surface area contributed by atoms with Gasteiger partial charge < -0.3 is 4.42 Å². The van der Waals surface area contributed by atoms with E-state index in [4.69, 9.17) is 16.0 Å². The Morgan fingerprint density at radius 2 is 1.85 bits per heavy atom. The van der Waals surface area contributed by atoms with Gasteiger partial charge in [0.2, 0.25) is 5.91 Å². The number of rotatable bonds is 6. The summed E-state index contributed by atoms with van der Waals surface area (Å²) in [5.74, 6) is -0.183. The second-order valence-corrected chi connectivity index (χ2v) is 8.94. The molecule has 0 aliphatic heterocycles. The third kappa shape index (κ3) is 5.09. The first-order valence-electron chi connectivity index (χ1n) is 7.64. The number of anilines is 1. The summed E-state index contributed by atoms with van der Waals surface area (Å²) in [6.07, 6.45) is 1.10. The van der Waals surface area contributed by atoms with Crippen molar-refractivity contribution in [1.29, 1.82) is 0 Å². The van der Waals surface area contributed by atoms with Crippen molar-refractivity contribution in [2.24, 2.45) is 0 Å². The molecule has 0 aliphatic carbocycles. The van der Waals surface area contributed by atoms with E-state index < -0.39 is 9.84 Å². The fourth-order valence-corrected chi connectivity index (χ4v) is 3.89. The monoisotopic (exact) mass is 423 g/mol. The van der Waals surface area contributed by atoms with Crippen LogP contribution in [0.15, 0.2) is 62.7 Å². The molecular formula is C17H14ClN3O4S2. The third-order valence-electron chi connectivity index (χ3n) is 3.37. The minimum atomic E-state index is -3.47. The molecule has 0 spiro atoms. The van der Waals surface area contributed by atoms with Crippen molar-refractivity contribution in [1.82, 2.24) is 10.2 Å². The Kier molecular flexibility index (Phi) is 5.83. The molecule has 1 aromatic heterocycles. The summed E-state index contributed by atoms with van der Waals surface area (Å²) >= 11 is 7.15. The summed E-state index contributed by atoms with van der Waals surface area (Å²) in [7, 11) is -3.47. The Hall–Kier alpha value is -2.36. The van der Waals surface area contributed by atoms with Gasteiger partial charge in [-0.2, -0.15) is 0 Å². The van der Waals surface area contributed by atoms with Crippen molar-refractivity contribution in [2.45, 2.75) is 9.79 Å². The number of aromatic nitrogens is 2. The van der Waals surface area contributed by atoms with Crippen LogP contribution in [0.25, 0.3) is 11.5 Å². The number of benzene rings is 2. The van der Waals surface area contributed by atoms with Gasteiger partial charge in [-0.25, -0.2) is 8.42 Å². The average Bonchev–Trinajstić information content (AvgIpc) is 3.09. The van der Waals surface area contributed by atoms with Gasteiger partial charge in [-0.1, -0.05) is 28.8 Å². The predicted octanol–water partition coefficient (Wildman–Crippen LogP) is 3.52. The van der Waals surface area contributed by atoms with Crippen molar-refractivity contribution in [2.75, 3.05) is 17.3 Å². The molecule has 7 nitrogen and oxygen atoms in total. The second-order valence-electron chi connectivity index (χ2n) is 5.47. The van der Waals surface area contributed by atoms with E-state index >= 15 is 0 Å². The second kappa shape index (κ2) is 8.12. The van der Waals surface area contributed by atoms with Gasteiger partial charge in [0.1, 0.15) is 0 Å². The lowest BCUT2D eigenvalue weighted by Gasteiger charge is -2.03. The number of nitrogens with zero attached hydrogens (tertiary/aromatic N) is 2. The van der Waals surface area contributed by atoms with Crippen LogP contribution in [0.3, 0.4) is 0 Å². The zero-order chi connectivity index (χ0) is 19.4. The van der Waals surface area contributed by atoms with Crippen LogP contribution in [0.1, 0.15) is 0 Å². The smallest absolute Gasteiger partial charge is 0.322 e. The Morgan fingerprint density at radius 3 is 2.56 bits per heavy atom. The van der Waals surface area contributed by atoms with Crippen LogP contribution in [-0.4, -0.2) is 36.5 Å². The van der Waals surface area contributed by atoms with E-state index in [1.807, 2.05) is 12.1 Å². The van der Waals surface area contributed by atoms with E-state index in [2.05, 4.69) is 15.5 Å². The number of hydrogen-bond donors (Lipinski definition) is 1. The molecule has 10 heteroatoms. The number of carbonyl (C=O) groups excluding carboxylic acids is 1. The lowest BCUT2D eigenvalue weighted by Crippen LogP contribution is -2.14. The third-order valence-corrected chi connectivity index (χ3v) is 5.79. The molecule has 0 atom stereocenters. The maximum Gasteiger partial charge on any atom is 0.322 e. The number of thioether (sulfide) groups is 1. The fourth-order valence-electron chi connectivity index (χ4n) is 2.18. The van der Waals surface area contributed by atoms with E-state index in [-0.39, 0.29) is 34.0 Å². The Balaban J connectivity index is 1.68. The van der Waals surface area contributed by atoms with E-state index in [1.54, 1.807) is 30.3 Å². The molecule has 1 amide bonds. The minimum absolute atomic E-state index is 0.0108. The topological polar surface area (TPSA) is 102 Å². The molecule has 0 saturated carbocycles. The first-order valence-corrected chi connectivity index (χ1v) is 10.9. The molecule has 2 aromatic carbocycles. The van der Waals surface area contributed by atoms with Crippen molar-refractivity contribution < 1.29 is 17.6 Å². The van der Waals surface area contributed by atoms with Gasteiger partial charge in [-0.3, -0.25) is 10.1 Å². The molecule has 0 fully saturated rings. The van der Waals surface area contributed by atoms with Crippen molar-refractivity contribution in [3.63, 3.8) is 0 Å². The van der Waals surface area contributed by atoms with Crippen molar-refractivity contribution in [3.05, 3.63) is 53.6 Å². The lowest BCUT2D eigenvalue weighted by molar-refractivity contribution is -0.113. The van der Waals surface area contributed by atoms with Gasteiger partial charge in [0, 0.05) is 16.2 Å². The normalized spacial score (nSPS) is 11.3. The minimum Gasteiger partial charge on any atom is -0.403 e. The molecule has 0 radical (unpaired) electrons. The molecule has 1 heterocycles. The summed E-state index contributed by atoms with van der Waals surface area (Å²) in [5, 5.41) is 10.7. The molecule has 140 valence electrons. The summed E-state index contributed by atoms with van der Waals surface area (Å²) in [6.45, 7) is 0. The molecular weight excluding hydrogens is 410 g/mol. The SMILES string of the molecule is CS(=O)(=O)c1ccccc1-c1nnc(NC(=O)CSc2ccc(Cl)cc2)o1. The van der Waals surface area contributed by atoms with Crippen molar-refractivity contribution in [3.8, 4) is 11.5 Å². The zero-order valence-electron chi connectivity index (χ0n) is 14.0. The maximum absolute atomic E-state index is 12.0. The molecule has 3 aromatic rings. The highest BCUT2D eigenvalue weighted by molar-refractivity contribution is 8.00. The van der Waals surface area contributed by atoms with Gasteiger partial charge in [-0.05, 0) is 36.4 Å². The average molecular weight is 424 g/mol. The van der Waals surface area contributed by atoms with Crippen LogP contribution >= 0.6 is 23.4 Å². The molecule has 3 rings (SSSR count). The van der Waals surface area contributed by atoms with Crippen LogP contribution < -0.4 is 5.32 Å². The highest BCUT2D eigenvalue weighted by atomic mass is 35.5. The van der Waals surface area contributed by atoms with E-state index in [0.29, 0.717) is 5.02 Å². The first-order chi connectivity index (χ1) is 12.8. The van der Waals surface area contributed by atoms with Crippen molar-refractivity contribution >= 4 is 45.1 Å². The first kappa shape index (κ1) is 19.4. The zero-order valence-corrected chi connectivity index (χ0v) is 16.4. The highest BCUT2D eigenvalue weighted by Gasteiger charge is 2.19. The summed E-state index contributed by atoms with van der Waals surface area (Å²) in [5.41, 5.74) is 0.281. The summed E-state index contributed by atoms with van der Waals surface area (Å²) < 4.78 is 29.2. The number of halogens is 1. The van der Waals surface area contributed by atoms with E-state index in [0.717, 1.165) is 11.2 Å². The number of nitrogens with one attached hydrogen (secondary N) is 1. The maximum atomic E-state index is 12.0. The van der Waals surface area contributed by atoms with Gasteiger partial charge >= 0.3 is 6.01 Å². The fraction of sp³-hybridized carbons (Fsp3) is 0.118. The van der Waals surface area contributed by atoms with Crippen LogP contribution in [0.2, 0.25) is 5.02 Å². The number of carbonyl (C=O) groups is 1. The molecule has 1 N–H and O–H groups in total. The van der Waals surface area contributed by atoms with E-state index in [1.165, 1.54) is 17.8 Å². The lowest BCUT2D eigenvalue weighted by atomic mass is 10.2. The van der Waals surface area contributed by atoms with E-state index in [9.17, 15) is 13.2 Å². The quantitative estimate of drug-likeness (QED) is 0.605. The Bertz CT molecular complexity index is 1070. The molecule has 0 saturated heterocycles. The summed E-state index contributed by atoms with van der Waals surface area (Å²) in [4.78, 5) is 13.0. The molecule has 0 aliphatic rings. The predicted molar refractivity (Wildman–Crippen MR) is 104 cm³/mol. The molecule has 0 unspecified atom stereocenters. The largest absolute Gasteiger partial charge is 0.403 e. The van der Waals surface area contributed by atoms with Crippen LogP contribution in [0.5, 0.6) is 0 Å². The van der Waals surface area contributed by atoms with Crippen LogP contribution in [0, 0.1) is 0 Å². The number of sulfone groups is 1. The molecule has 27 heavy (non-hydrogen) atoms. The van der Waals surface area contributed by atoms with Gasteiger partial charge in [0.25, 0.3) is 5.89 Å². The van der Waals surface area contributed by atoms with Gasteiger partial charge in [0.15, 0.2) is 9.84 Å². The summed E-state index contributed by atoms with van der Waals surface area (Å²) in [6, 6.07) is 13.3. The standard InChI is InChI=1S/C17H14ClN3O4S2/c1-27(23,24)14-5-3-2-4-13(14)16-20-21-17(25-16)19-15(22)10-26-12-8-6-11(18)7-9-12/h2-9H,10H2,1H3,(H,19,21,22). The number of amides is 1. The highest BCUT2D eigenvalue weighted by Crippen LogP contribution is 2.27. The molecule has 0 bridgehead atoms. The van der Waals surface area contributed by atoms with Crippen LogP contribution in [-0.2, 0) is 14.6 Å². The van der Waals surface area contributed by atoms with Crippen LogP contribution in [0.4, 0.5) is 6.01 Å². The Labute approximate surface area is 165 Å². The number of hydrogen-bond acceptors (Lipinski definition) is 7. The Morgan fingerprint density at radius 1 is 1.15 bits per heavy atom.